The fraction of sp³-hybridized carbons (Fsp3) is 0.136. The maximum absolute atomic E-state index is 12.0. The van der Waals surface area contributed by atoms with Gasteiger partial charge in [0.1, 0.15) is 0 Å². The van der Waals surface area contributed by atoms with Gasteiger partial charge in [-0.25, -0.2) is 9.78 Å². The highest BCUT2D eigenvalue weighted by molar-refractivity contribution is 5.92. The fourth-order valence-corrected chi connectivity index (χ4v) is 3.56. The number of aryl methyl sites for hydroxylation is 2. The summed E-state index contributed by atoms with van der Waals surface area (Å²) in [6.07, 6.45) is 1.64. The van der Waals surface area contributed by atoms with Crippen molar-refractivity contribution in [1.29, 1.82) is 0 Å². The molecule has 0 aliphatic rings. The van der Waals surface area contributed by atoms with Crippen LogP contribution >= 0.6 is 0 Å². The number of benzene rings is 2. The topological polar surface area (TPSA) is 88.2 Å². The van der Waals surface area contributed by atoms with Crippen LogP contribution in [0.1, 0.15) is 33.0 Å². The zero-order valence-corrected chi connectivity index (χ0v) is 15.5. The van der Waals surface area contributed by atoms with Gasteiger partial charge in [-0.15, -0.1) is 0 Å². The fourth-order valence-electron chi connectivity index (χ4n) is 3.56. The van der Waals surface area contributed by atoms with Crippen LogP contribution < -0.4 is 0 Å². The van der Waals surface area contributed by atoms with Crippen molar-refractivity contribution in [2.24, 2.45) is 7.05 Å². The molecule has 0 aliphatic heterocycles. The molecule has 0 fully saturated rings. The maximum atomic E-state index is 12.0. The zero-order chi connectivity index (χ0) is 19.9. The van der Waals surface area contributed by atoms with Crippen molar-refractivity contribution in [3.05, 3.63) is 95.1 Å². The molecule has 0 aliphatic carbocycles. The highest BCUT2D eigenvalue weighted by atomic mass is 16.4. The molecular formula is C22H19N3O3. The van der Waals surface area contributed by atoms with Gasteiger partial charge in [-0.3, -0.25) is 4.98 Å². The van der Waals surface area contributed by atoms with Gasteiger partial charge < -0.3 is 14.8 Å². The molecule has 1 atom stereocenters. The minimum absolute atomic E-state index is 0.166. The lowest BCUT2D eigenvalue weighted by atomic mass is 9.86. The Labute approximate surface area is 161 Å². The molecule has 4 rings (SSSR count). The normalized spacial score (nSPS) is 13.4. The van der Waals surface area contributed by atoms with E-state index in [1.54, 1.807) is 29.9 Å². The molecule has 6 nitrogen and oxygen atoms in total. The molecule has 0 saturated carbocycles. The number of aromatic nitrogens is 3. The van der Waals surface area contributed by atoms with E-state index in [2.05, 4.69) is 9.97 Å². The first-order chi connectivity index (χ1) is 13.4. The lowest BCUT2D eigenvalue weighted by molar-refractivity contribution is 0.0697. The van der Waals surface area contributed by atoms with E-state index in [1.807, 2.05) is 49.4 Å². The summed E-state index contributed by atoms with van der Waals surface area (Å²) < 4.78 is 1.73. The summed E-state index contributed by atoms with van der Waals surface area (Å²) in [6, 6.07) is 17.7. The molecule has 4 aromatic rings. The van der Waals surface area contributed by atoms with Crippen LogP contribution in [0.15, 0.2) is 66.9 Å². The van der Waals surface area contributed by atoms with Gasteiger partial charge in [0.2, 0.25) is 0 Å². The number of nitrogens with zero attached hydrogens (tertiary/aromatic N) is 3. The molecular weight excluding hydrogens is 354 g/mol. The van der Waals surface area contributed by atoms with E-state index in [4.69, 9.17) is 0 Å². The molecule has 2 aromatic carbocycles. The predicted molar refractivity (Wildman–Crippen MR) is 105 cm³/mol. The molecule has 140 valence electrons. The highest BCUT2D eigenvalue weighted by Crippen LogP contribution is 2.37. The quantitative estimate of drug-likeness (QED) is 0.573. The number of carboxylic acid groups (broad SMARTS) is 1. The SMILES string of the molecule is Cc1cccnc1C(O)(c1ccccc1)c1nc2ccc(C(=O)O)cc2n1C. The Morgan fingerprint density at radius 2 is 1.82 bits per heavy atom. The highest BCUT2D eigenvalue weighted by Gasteiger charge is 2.40. The summed E-state index contributed by atoms with van der Waals surface area (Å²) in [4.78, 5) is 20.5. The summed E-state index contributed by atoms with van der Waals surface area (Å²) >= 11 is 0. The monoisotopic (exact) mass is 373 g/mol. The first kappa shape index (κ1) is 17.9. The molecule has 1 unspecified atom stereocenters. The number of hydrogen-bond donors (Lipinski definition) is 2. The molecule has 2 heterocycles. The van der Waals surface area contributed by atoms with E-state index in [9.17, 15) is 15.0 Å². The number of hydrogen-bond acceptors (Lipinski definition) is 4. The number of aliphatic hydroxyl groups is 1. The first-order valence-corrected chi connectivity index (χ1v) is 8.83. The smallest absolute Gasteiger partial charge is 0.335 e. The number of pyridine rings is 1. The van der Waals surface area contributed by atoms with Gasteiger partial charge >= 0.3 is 5.97 Å². The predicted octanol–water partition coefficient (Wildman–Crippen LogP) is 3.26. The van der Waals surface area contributed by atoms with E-state index in [0.717, 1.165) is 5.56 Å². The van der Waals surface area contributed by atoms with Crippen molar-refractivity contribution < 1.29 is 15.0 Å². The minimum Gasteiger partial charge on any atom is -0.478 e. The Kier molecular flexibility index (Phi) is 4.20. The van der Waals surface area contributed by atoms with Crippen LogP contribution in [-0.2, 0) is 12.6 Å². The summed E-state index contributed by atoms with van der Waals surface area (Å²) in [5, 5.41) is 21.3. The van der Waals surface area contributed by atoms with Crippen molar-refractivity contribution in [3.63, 3.8) is 0 Å². The van der Waals surface area contributed by atoms with Crippen molar-refractivity contribution in [2.75, 3.05) is 0 Å². The molecule has 0 amide bonds. The standard InChI is InChI=1S/C22H19N3O3/c1-14-7-6-12-23-19(14)22(28,16-8-4-3-5-9-16)21-24-17-11-10-15(20(26)27)13-18(17)25(21)2/h3-13,28H,1-2H3,(H,26,27). The number of fused-ring (bicyclic) bond motifs is 1. The van der Waals surface area contributed by atoms with Gasteiger partial charge in [0, 0.05) is 13.2 Å². The van der Waals surface area contributed by atoms with Gasteiger partial charge in [-0.05, 0) is 42.3 Å². The van der Waals surface area contributed by atoms with Crippen molar-refractivity contribution in [1.82, 2.24) is 14.5 Å². The number of imidazole rings is 1. The Morgan fingerprint density at radius 1 is 1.07 bits per heavy atom. The summed E-state index contributed by atoms with van der Waals surface area (Å²) in [5.74, 6) is -0.637. The number of carboxylic acids is 1. The molecule has 0 saturated heterocycles. The van der Waals surface area contributed by atoms with Crippen LogP contribution in [0, 0.1) is 6.92 Å². The van der Waals surface area contributed by atoms with Crippen LogP contribution in [0.2, 0.25) is 0 Å². The zero-order valence-electron chi connectivity index (χ0n) is 15.5. The third-order valence-corrected chi connectivity index (χ3v) is 5.00. The van der Waals surface area contributed by atoms with E-state index < -0.39 is 11.6 Å². The first-order valence-electron chi connectivity index (χ1n) is 8.83. The third kappa shape index (κ3) is 2.66. The van der Waals surface area contributed by atoms with E-state index in [1.165, 1.54) is 6.07 Å². The summed E-state index contributed by atoms with van der Waals surface area (Å²) in [6.45, 7) is 1.89. The second-order valence-electron chi connectivity index (χ2n) is 6.75. The summed E-state index contributed by atoms with van der Waals surface area (Å²) in [7, 11) is 1.77. The van der Waals surface area contributed by atoms with Gasteiger partial charge in [0.15, 0.2) is 11.4 Å². The lowest BCUT2D eigenvalue weighted by Crippen LogP contribution is -2.34. The minimum atomic E-state index is -1.59. The lowest BCUT2D eigenvalue weighted by Gasteiger charge is -2.29. The average molecular weight is 373 g/mol. The second-order valence-corrected chi connectivity index (χ2v) is 6.75. The van der Waals surface area contributed by atoms with Gasteiger partial charge in [0.25, 0.3) is 0 Å². The van der Waals surface area contributed by atoms with Crippen molar-refractivity contribution in [2.45, 2.75) is 12.5 Å². The van der Waals surface area contributed by atoms with Crippen molar-refractivity contribution >= 4 is 17.0 Å². The number of aromatic carboxylic acids is 1. The van der Waals surface area contributed by atoms with Gasteiger partial charge in [-0.1, -0.05) is 36.4 Å². The molecule has 0 bridgehead atoms. The van der Waals surface area contributed by atoms with Crippen LogP contribution in [-0.4, -0.2) is 30.7 Å². The average Bonchev–Trinajstić information content (AvgIpc) is 3.05. The molecule has 2 N–H and O–H groups in total. The molecule has 0 spiro atoms. The number of rotatable bonds is 4. The molecule has 0 radical (unpaired) electrons. The van der Waals surface area contributed by atoms with Crippen LogP contribution in [0.25, 0.3) is 11.0 Å². The van der Waals surface area contributed by atoms with Crippen LogP contribution in [0.4, 0.5) is 0 Å². The summed E-state index contributed by atoms with van der Waals surface area (Å²) in [5.41, 5.74) is 1.74. The van der Waals surface area contributed by atoms with Gasteiger partial charge in [-0.2, -0.15) is 0 Å². The van der Waals surface area contributed by atoms with Gasteiger partial charge in [0.05, 0.1) is 22.3 Å². The van der Waals surface area contributed by atoms with E-state index in [-0.39, 0.29) is 5.56 Å². The van der Waals surface area contributed by atoms with E-state index >= 15 is 0 Å². The largest absolute Gasteiger partial charge is 0.478 e. The third-order valence-electron chi connectivity index (χ3n) is 5.00. The van der Waals surface area contributed by atoms with Crippen molar-refractivity contribution in [3.8, 4) is 0 Å². The molecule has 6 heteroatoms. The van der Waals surface area contributed by atoms with E-state index in [0.29, 0.717) is 28.1 Å². The van der Waals surface area contributed by atoms with Crippen LogP contribution in [0.5, 0.6) is 0 Å². The number of carbonyl (C=O) groups is 1. The Bertz CT molecular complexity index is 1180. The Hall–Kier alpha value is -3.51. The second kappa shape index (κ2) is 6.58. The molecule has 2 aromatic heterocycles. The maximum Gasteiger partial charge on any atom is 0.335 e. The molecule has 28 heavy (non-hydrogen) atoms. The van der Waals surface area contributed by atoms with Crippen LogP contribution in [0.3, 0.4) is 0 Å². The Morgan fingerprint density at radius 3 is 2.50 bits per heavy atom. The Balaban J connectivity index is 2.05.